The third-order valence-electron chi connectivity index (χ3n) is 4.90. The van der Waals surface area contributed by atoms with Crippen molar-refractivity contribution in [1.82, 2.24) is 5.32 Å². The lowest BCUT2D eigenvalue weighted by Gasteiger charge is -2.70. The minimum Gasteiger partial charge on any atom is -0.308 e. The molecule has 2 rings (SSSR count). The predicted octanol–water partition coefficient (Wildman–Crippen LogP) is 3.34. The van der Waals surface area contributed by atoms with Crippen LogP contribution in [0.3, 0.4) is 0 Å². The van der Waals surface area contributed by atoms with Crippen molar-refractivity contribution in [3.8, 4) is 0 Å². The fourth-order valence-corrected chi connectivity index (χ4v) is 4.44. The highest BCUT2D eigenvalue weighted by Gasteiger charge is 2.65. The first kappa shape index (κ1) is 10.5. The number of hydrogen-bond donors (Lipinski definition) is 1. The monoisotopic (exact) mass is 195 g/mol. The molecule has 1 saturated heterocycles. The molecule has 1 aliphatic carbocycles. The summed E-state index contributed by atoms with van der Waals surface area (Å²) in [4.78, 5) is 0. The lowest BCUT2D eigenvalue weighted by atomic mass is 9.44. The Balaban J connectivity index is 2.35. The van der Waals surface area contributed by atoms with Crippen LogP contribution in [0.2, 0.25) is 0 Å². The second-order valence-corrected chi connectivity index (χ2v) is 6.79. The van der Waals surface area contributed by atoms with E-state index in [1.807, 2.05) is 0 Å². The van der Waals surface area contributed by atoms with Crippen LogP contribution in [0.5, 0.6) is 0 Å². The molecule has 0 spiro atoms. The first-order chi connectivity index (χ1) is 6.31. The topological polar surface area (TPSA) is 12.0 Å². The van der Waals surface area contributed by atoms with Gasteiger partial charge in [-0.3, -0.25) is 0 Å². The Hall–Kier alpha value is -0.0400. The van der Waals surface area contributed by atoms with Crippen LogP contribution in [0.1, 0.15) is 60.3 Å². The van der Waals surface area contributed by atoms with E-state index < -0.39 is 0 Å². The molecular weight excluding hydrogens is 170 g/mol. The van der Waals surface area contributed by atoms with Gasteiger partial charge in [0.1, 0.15) is 0 Å². The minimum absolute atomic E-state index is 0.344. The molecule has 1 N–H and O–H groups in total. The number of nitrogens with one attached hydrogen (secondary N) is 1. The summed E-state index contributed by atoms with van der Waals surface area (Å²) in [7, 11) is 0. The molecule has 2 aliphatic rings. The molecule has 1 nitrogen and oxygen atoms in total. The highest BCUT2D eigenvalue weighted by atomic mass is 15.2. The second kappa shape index (κ2) is 2.75. The third kappa shape index (κ3) is 1.05. The van der Waals surface area contributed by atoms with Crippen LogP contribution < -0.4 is 5.32 Å². The number of rotatable bonds is 0. The molecule has 1 heterocycles. The summed E-state index contributed by atoms with van der Waals surface area (Å²) >= 11 is 0. The van der Waals surface area contributed by atoms with E-state index in [1.165, 1.54) is 25.7 Å². The SMILES string of the molecule is CC(C)(C)C12CCCC[C@@H]1NC2(C)C. The molecule has 1 saturated carbocycles. The normalized spacial score (nSPS) is 41.4. The lowest BCUT2D eigenvalue weighted by Crippen LogP contribution is -2.80. The van der Waals surface area contributed by atoms with E-state index in [1.54, 1.807) is 0 Å². The van der Waals surface area contributed by atoms with Gasteiger partial charge in [0.15, 0.2) is 0 Å². The Morgan fingerprint density at radius 1 is 1.14 bits per heavy atom. The van der Waals surface area contributed by atoms with Gasteiger partial charge < -0.3 is 5.32 Å². The summed E-state index contributed by atoms with van der Waals surface area (Å²) in [5.74, 6) is 0. The summed E-state index contributed by atoms with van der Waals surface area (Å²) < 4.78 is 0. The average molecular weight is 195 g/mol. The molecule has 2 atom stereocenters. The van der Waals surface area contributed by atoms with Crippen molar-refractivity contribution in [1.29, 1.82) is 0 Å². The van der Waals surface area contributed by atoms with Gasteiger partial charge >= 0.3 is 0 Å². The van der Waals surface area contributed by atoms with E-state index >= 15 is 0 Å². The summed E-state index contributed by atoms with van der Waals surface area (Å²) in [6.07, 6.45) is 5.66. The maximum absolute atomic E-state index is 3.77. The van der Waals surface area contributed by atoms with E-state index in [0.29, 0.717) is 16.4 Å². The van der Waals surface area contributed by atoms with E-state index in [4.69, 9.17) is 0 Å². The highest BCUT2D eigenvalue weighted by Crippen LogP contribution is 2.61. The van der Waals surface area contributed by atoms with Gasteiger partial charge in [-0.1, -0.05) is 33.6 Å². The van der Waals surface area contributed by atoms with Gasteiger partial charge in [-0.2, -0.15) is 0 Å². The Morgan fingerprint density at radius 2 is 1.79 bits per heavy atom. The van der Waals surface area contributed by atoms with Crippen molar-refractivity contribution in [2.45, 2.75) is 71.9 Å². The highest BCUT2D eigenvalue weighted by molar-refractivity contribution is 5.20. The van der Waals surface area contributed by atoms with E-state index in [0.717, 1.165) is 6.04 Å². The Kier molecular flexibility index (Phi) is 2.06. The van der Waals surface area contributed by atoms with Crippen molar-refractivity contribution in [3.05, 3.63) is 0 Å². The first-order valence-electron chi connectivity index (χ1n) is 6.09. The van der Waals surface area contributed by atoms with Gasteiger partial charge in [-0.05, 0) is 32.1 Å². The maximum atomic E-state index is 3.77. The van der Waals surface area contributed by atoms with Crippen molar-refractivity contribution in [2.75, 3.05) is 0 Å². The third-order valence-corrected chi connectivity index (χ3v) is 4.90. The van der Waals surface area contributed by atoms with Crippen LogP contribution in [-0.4, -0.2) is 11.6 Å². The van der Waals surface area contributed by atoms with Crippen LogP contribution in [-0.2, 0) is 0 Å². The molecule has 14 heavy (non-hydrogen) atoms. The summed E-state index contributed by atoms with van der Waals surface area (Å²) in [5, 5.41) is 3.77. The zero-order chi connectivity index (χ0) is 10.6. The first-order valence-corrected chi connectivity index (χ1v) is 6.09. The van der Waals surface area contributed by atoms with Gasteiger partial charge in [0.25, 0.3) is 0 Å². The zero-order valence-electron chi connectivity index (χ0n) is 10.4. The molecule has 0 aromatic carbocycles. The number of fused-ring (bicyclic) bond motifs is 1. The van der Waals surface area contributed by atoms with Gasteiger partial charge in [0.05, 0.1) is 0 Å². The Labute approximate surface area is 88.7 Å². The van der Waals surface area contributed by atoms with Crippen molar-refractivity contribution < 1.29 is 0 Å². The zero-order valence-corrected chi connectivity index (χ0v) is 10.4. The van der Waals surface area contributed by atoms with Gasteiger partial charge in [0.2, 0.25) is 0 Å². The largest absolute Gasteiger partial charge is 0.308 e. The minimum atomic E-state index is 0.344. The van der Waals surface area contributed by atoms with Crippen molar-refractivity contribution >= 4 is 0 Å². The van der Waals surface area contributed by atoms with Gasteiger partial charge in [-0.15, -0.1) is 0 Å². The van der Waals surface area contributed by atoms with E-state index in [9.17, 15) is 0 Å². The molecule has 1 heteroatoms. The van der Waals surface area contributed by atoms with Crippen LogP contribution in [0.4, 0.5) is 0 Å². The Bertz CT molecular complexity index is 224. The molecule has 0 aromatic rings. The van der Waals surface area contributed by atoms with E-state index in [2.05, 4.69) is 39.9 Å². The molecule has 1 unspecified atom stereocenters. The molecule has 0 radical (unpaired) electrons. The van der Waals surface area contributed by atoms with Crippen LogP contribution >= 0.6 is 0 Å². The van der Waals surface area contributed by atoms with Crippen molar-refractivity contribution in [2.24, 2.45) is 10.8 Å². The van der Waals surface area contributed by atoms with Crippen LogP contribution in [0.25, 0.3) is 0 Å². The summed E-state index contributed by atoms with van der Waals surface area (Å²) in [6.45, 7) is 12.1. The molecule has 1 aliphatic heterocycles. The molecule has 0 amide bonds. The molecule has 82 valence electrons. The summed E-state index contributed by atoms with van der Waals surface area (Å²) in [6, 6.07) is 0.784. The van der Waals surface area contributed by atoms with E-state index in [-0.39, 0.29) is 0 Å². The summed E-state index contributed by atoms with van der Waals surface area (Å²) in [5.41, 5.74) is 1.32. The molecule has 2 fully saturated rings. The maximum Gasteiger partial charge on any atom is 0.0204 e. The fraction of sp³-hybridized carbons (Fsp3) is 1.00. The average Bonchev–Trinajstić information content (AvgIpc) is 2.00. The standard InChI is InChI=1S/C13H25N/c1-11(2,3)13-9-7-6-8-10(13)14-12(13,4)5/h10,14H,6-9H2,1-5H3/t10-,13?/m0/s1. The number of hydrogen-bond acceptors (Lipinski definition) is 1. The van der Waals surface area contributed by atoms with Crippen molar-refractivity contribution in [3.63, 3.8) is 0 Å². The Morgan fingerprint density at radius 3 is 2.14 bits per heavy atom. The van der Waals surface area contributed by atoms with Crippen LogP contribution in [0.15, 0.2) is 0 Å². The van der Waals surface area contributed by atoms with Gasteiger partial charge in [-0.25, -0.2) is 0 Å². The quantitative estimate of drug-likeness (QED) is 0.625. The second-order valence-electron chi connectivity index (χ2n) is 6.79. The predicted molar refractivity (Wildman–Crippen MR) is 61.4 cm³/mol. The fourth-order valence-electron chi connectivity index (χ4n) is 4.44. The lowest BCUT2D eigenvalue weighted by molar-refractivity contribution is -0.156. The molecular formula is C13H25N. The molecule has 0 bridgehead atoms. The smallest absolute Gasteiger partial charge is 0.0204 e. The van der Waals surface area contributed by atoms with Crippen LogP contribution in [0, 0.1) is 10.8 Å². The van der Waals surface area contributed by atoms with Gasteiger partial charge in [0, 0.05) is 17.0 Å². The molecule has 0 aromatic heterocycles.